The average Bonchev–Trinajstić information content (AvgIpc) is 2.69. The second-order valence-electron chi connectivity index (χ2n) is 8.17. The number of halogens is 3. The van der Waals surface area contributed by atoms with Gasteiger partial charge in [0.05, 0.1) is 5.69 Å². The molecule has 1 fully saturated rings. The number of anilines is 2. The minimum Gasteiger partial charge on any atom is -0.349 e. The maximum atomic E-state index is 13.3. The highest BCUT2D eigenvalue weighted by Gasteiger charge is 2.34. The molecule has 2 amide bonds. The van der Waals surface area contributed by atoms with Crippen molar-refractivity contribution in [2.75, 3.05) is 17.3 Å². The molecule has 1 aromatic heterocycles. The Balaban J connectivity index is 1.37. The van der Waals surface area contributed by atoms with Crippen molar-refractivity contribution in [3.63, 3.8) is 0 Å². The summed E-state index contributed by atoms with van der Waals surface area (Å²) in [5.74, 6) is -3.56. The number of fused-ring (bicyclic) bond motifs is 1. The molecule has 2 heterocycles. The number of likely N-dealkylation sites (N-methyl/N-ethyl adjacent to an activating group) is 1. The van der Waals surface area contributed by atoms with Crippen LogP contribution in [0.25, 0.3) is 0 Å². The molecule has 1 atom stereocenters. The zero-order valence-electron chi connectivity index (χ0n) is 17.3. The van der Waals surface area contributed by atoms with Gasteiger partial charge >= 0.3 is 0 Å². The highest BCUT2D eigenvalue weighted by molar-refractivity contribution is 6.02. The summed E-state index contributed by atoms with van der Waals surface area (Å²) < 4.78 is 39.7. The molecule has 31 heavy (non-hydrogen) atoms. The first kappa shape index (κ1) is 21.1. The predicted molar refractivity (Wildman–Crippen MR) is 107 cm³/mol. The standard InChI is InChI=1S/C21H22F3N5O2/c1-9-18-19(29(3)10(2)20(30)28-18)27-16(25-9)6-11-4-13(5-11)26-21(31)12-7-14(22)17(24)15(23)8-12/h7-8,10-11,13H,4-6H2,1-3H3,(H,26,31)(H,28,30)/t10-,11?,13?/m0/s1. The minimum atomic E-state index is -1.60. The predicted octanol–water partition coefficient (Wildman–Crippen LogP) is 2.73. The van der Waals surface area contributed by atoms with E-state index in [1.165, 1.54) is 0 Å². The molecular formula is C21H22F3N5O2. The maximum Gasteiger partial charge on any atom is 0.251 e. The van der Waals surface area contributed by atoms with Gasteiger partial charge in [0, 0.05) is 25.1 Å². The topological polar surface area (TPSA) is 87.2 Å². The van der Waals surface area contributed by atoms with E-state index in [1.807, 2.05) is 18.9 Å². The summed E-state index contributed by atoms with van der Waals surface area (Å²) in [5, 5.41) is 5.55. The molecule has 0 radical (unpaired) electrons. The average molecular weight is 433 g/mol. The highest BCUT2D eigenvalue weighted by Crippen LogP contribution is 2.34. The number of hydrogen-bond donors (Lipinski definition) is 2. The molecule has 4 rings (SSSR count). The summed E-state index contributed by atoms with van der Waals surface area (Å²) in [4.78, 5) is 35.1. The summed E-state index contributed by atoms with van der Waals surface area (Å²) in [5.41, 5.74) is 1.05. The van der Waals surface area contributed by atoms with Crippen LogP contribution < -0.4 is 15.5 Å². The van der Waals surface area contributed by atoms with Crippen LogP contribution in [0.4, 0.5) is 24.7 Å². The van der Waals surface area contributed by atoms with Gasteiger partial charge in [-0.05, 0) is 44.7 Å². The van der Waals surface area contributed by atoms with E-state index in [4.69, 9.17) is 0 Å². The Morgan fingerprint density at radius 3 is 2.52 bits per heavy atom. The summed E-state index contributed by atoms with van der Waals surface area (Å²) >= 11 is 0. The van der Waals surface area contributed by atoms with Crippen LogP contribution in [0.5, 0.6) is 0 Å². The highest BCUT2D eigenvalue weighted by atomic mass is 19.2. The van der Waals surface area contributed by atoms with Crippen LogP contribution in [0.15, 0.2) is 12.1 Å². The minimum absolute atomic E-state index is 0.104. The molecule has 0 saturated heterocycles. The van der Waals surface area contributed by atoms with E-state index in [1.54, 1.807) is 6.92 Å². The number of benzene rings is 1. The van der Waals surface area contributed by atoms with Crippen molar-refractivity contribution in [3.05, 3.63) is 46.7 Å². The Bertz CT molecular complexity index is 1050. The number of nitrogens with zero attached hydrogens (tertiary/aromatic N) is 3. The quantitative estimate of drug-likeness (QED) is 0.724. The van der Waals surface area contributed by atoms with Gasteiger partial charge < -0.3 is 15.5 Å². The van der Waals surface area contributed by atoms with Crippen molar-refractivity contribution in [2.24, 2.45) is 5.92 Å². The summed E-state index contributed by atoms with van der Waals surface area (Å²) in [6.07, 6.45) is 1.94. The van der Waals surface area contributed by atoms with Gasteiger partial charge in [0.25, 0.3) is 5.91 Å². The molecule has 164 valence electrons. The first-order valence-electron chi connectivity index (χ1n) is 10.0. The number of rotatable bonds is 4. The molecule has 0 spiro atoms. The smallest absolute Gasteiger partial charge is 0.251 e. The normalized spacial score (nSPS) is 22.5. The van der Waals surface area contributed by atoms with E-state index in [2.05, 4.69) is 20.6 Å². The van der Waals surface area contributed by atoms with Gasteiger partial charge in [-0.3, -0.25) is 9.59 Å². The molecule has 0 bridgehead atoms. The monoisotopic (exact) mass is 433 g/mol. The first-order chi connectivity index (χ1) is 14.6. The van der Waals surface area contributed by atoms with E-state index in [0.717, 1.165) is 0 Å². The molecular weight excluding hydrogens is 411 g/mol. The van der Waals surface area contributed by atoms with Crippen molar-refractivity contribution < 1.29 is 22.8 Å². The van der Waals surface area contributed by atoms with E-state index >= 15 is 0 Å². The Kier molecular flexibility index (Phi) is 5.32. The number of carbonyl (C=O) groups is 2. The Morgan fingerprint density at radius 2 is 1.87 bits per heavy atom. The maximum absolute atomic E-state index is 13.3. The van der Waals surface area contributed by atoms with Crippen LogP contribution >= 0.6 is 0 Å². The Morgan fingerprint density at radius 1 is 1.23 bits per heavy atom. The third-order valence-electron chi connectivity index (χ3n) is 5.95. The van der Waals surface area contributed by atoms with Crippen LogP contribution in [0.3, 0.4) is 0 Å². The van der Waals surface area contributed by atoms with Gasteiger partial charge in [-0.1, -0.05) is 0 Å². The second-order valence-corrected chi connectivity index (χ2v) is 8.17. The molecule has 2 aromatic rings. The largest absolute Gasteiger partial charge is 0.349 e. The number of aryl methyl sites for hydroxylation is 1. The molecule has 10 heteroatoms. The fourth-order valence-corrected chi connectivity index (χ4v) is 3.93. The number of amides is 2. The SMILES string of the molecule is Cc1nc(CC2CC(NC(=O)c3cc(F)c(F)c(F)c3)C2)nc2c1NC(=O)[C@H](C)N2C. The third-order valence-corrected chi connectivity index (χ3v) is 5.95. The van der Waals surface area contributed by atoms with E-state index in [0.29, 0.717) is 54.4 Å². The summed E-state index contributed by atoms with van der Waals surface area (Å²) in [7, 11) is 1.81. The zero-order chi connectivity index (χ0) is 22.4. The molecule has 1 aromatic carbocycles. The Labute approximate surface area is 177 Å². The lowest BCUT2D eigenvalue weighted by Crippen LogP contribution is -2.46. The lowest BCUT2D eigenvalue weighted by molar-refractivity contribution is -0.117. The zero-order valence-corrected chi connectivity index (χ0v) is 17.3. The van der Waals surface area contributed by atoms with E-state index < -0.39 is 23.4 Å². The molecule has 2 aliphatic rings. The van der Waals surface area contributed by atoms with Gasteiger partial charge in [-0.15, -0.1) is 0 Å². The third kappa shape index (κ3) is 3.94. The molecule has 1 aliphatic carbocycles. The van der Waals surface area contributed by atoms with Crippen LogP contribution in [-0.2, 0) is 11.2 Å². The first-order valence-corrected chi connectivity index (χ1v) is 10.0. The van der Waals surface area contributed by atoms with Gasteiger partial charge in [-0.2, -0.15) is 0 Å². The van der Waals surface area contributed by atoms with Gasteiger partial charge in [0.1, 0.15) is 17.6 Å². The summed E-state index contributed by atoms with van der Waals surface area (Å²) in [6.45, 7) is 3.62. The lowest BCUT2D eigenvalue weighted by Gasteiger charge is -2.36. The van der Waals surface area contributed by atoms with Crippen LogP contribution in [0, 0.1) is 30.3 Å². The Hall–Kier alpha value is -3.17. The van der Waals surface area contributed by atoms with Crippen LogP contribution in [-0.4, -0.2) is 40.9 Å². The van der Waals surface area contributed by atoms with Gasteiger partial charge in [-0.25, -0.2) is 23.1 Å². The van der Waals surface area contributed by atoms with Gasteiger partial charge in [0.2, 0.25) is 5.91 Å². The van der Waals surface area contributed by atoms with E-state index in [9.17, 15) is 22.8 Å². The fraction of sp³-hybridized carbons (Fsp3) is 0.429. The van der Waals surface area contributed by atoms with Crippen molar-refractivity contribution in [2.45, 2.75) is 45.2 Å². The number of hydrogen-bond acceptors (Lipinski definition) is 5. The number of aromatic nitrogens is 2. The molecule has 1 saturated carbocycles. The van der Waals surface area contributed by atoms with Crippen LogP contribution in [0.2, 0.25) is 0 Å². The van der Waals surface area contributed by atoms with Crippen molar-refractivity contribution in [1.82, 2.24) is 15.3 Å². The lowest BCUT2D eigenvalue weighted by atomic mass is 9.78. The van der Waals surface area contributed by atoms with Crippen LogP contribution in [0.1, 0.15) is 41.6 Å². The van der Waals surface area contributed by atoms with Crippen molar-refractivity contribution in [3.8, 4) is 0 Å². The van der Waals surface area contributed by atoms with Gasteiger partial charge in [0.15, 0.2) is 23.3 Å². The molecule has 7 nitrogen and oxygen atoms in total. The fourth-order valence-electron chi connectivity index (χ4n) is 3.93. The summed E-state index contributed by atoms with van der Waals surface area (Å²) in [6, 6.07) is 0.891. The molecule has 2 N–H and O–H groups in total. The van der Waals surface area contributed by atoms with Crippen molar-refractivity contribution >= 4 is 23.3 Å². The number of carbonyl (C=O) groups excluding carboxylic acids is 2. The number of nitrogens with one attached hydrogen (secondary N) is 2. The van der Waals surface area contributed by atoms with Crippen molar-refractivity contribution in [1.29, 1.82) is 0 Å². The molecule has 1 aliphatic heterocycles. The second kappa shape index (κ2) is 7.82. The van der Waals surface area contributed by atoms with E-state index in [-0.39, 0.29) is 29.5 Å². The molecule has 0 unspecified atom stereocenters.